The Morgan fingerprint density at radius 2 is 2.11 bits per heavy atom. The molecule has 0 radical (unpaired) electrons. The van der Waals surface area contributed by atoms with E-state index in [1.54, 1.807) is 6.20 Å². The van der Waals surface area contributed by atoms with Crippen molar-refractivity contribution in [1.29, 1.82) is 0 Å². The van der Waals surface area contributed by atoms with E-state index in [0.717, 1.165) is 21.3 Å². The standard InChI is InChI=1S/C14H12BrCl2N/c1-9-3-2-6-18-14(9)8-13(17)10-4-5-12(16)11(15)7-10/h2-7,13H,8H2,1H3. The molecule has 0 aliphatic rings. The van der Waals surface area contributed by atoms with Gasteiger partial charge in [0.15, 0.2) is 0 Å². The molecule has 1 nitrogen and oxygen atoms in total. The van der Waals surface area contributed by atoms with Gasteiger partial charge < -0.3 is 0 Å². The lowest BCUT2D eigenvalue weighted by Gasteiger charge is -2.12. The number of halogens is 3. The molecule has 1 unspecified atom stereocenters. The van der Waals surface area contributed by atoms with Crippen LogP contribution in [-0.4, -0.2) is 4.98 Å². The fourth-order valence-corrected chi connectivity index (χ4v) is 2.52. The van der Waals surface area contributed by atoms with Crippen LogP contribution in [-0.2, 0) is 6.42 Å². The van der Waals surface area contributed by atoms with Crippen LogP contribution in [0.1, 0.15) is 22.2 Å². The third-order valence-corrected chi connectivity index (χ3v) is 4.42. The SMILES string of the molecule is Cc1cccnc1CC(Cl)c1ccc(Cl)c(Br)c1. The topological polar surface area (TPSA) is 12.9 Å². The molecule has 0 amide bonds. The third-order valence-electron chi connectivity index (χ3n) is 2.80. The molecule has 18 heavy (non-hydrogen) atoms. The minimum absolute atomic E-state index is 0.104. The van der Waals surface area contributed by atoms with Gasteiger partial charge in [0, 0.05) is 22.8 Å². The molecular weight excluding hydrogens is 333 g/mol. The van der Waals surface area contributed by atoms with Gasteiger partial charge in [-0.2, -0.15) is 0 Å². The van der Waals surface area contributed by atoms with E-state index in [-0.39, 0.29) is 5.38 Å². The van der Waals surface area contributed by atoms with E-state index >= 15 is 0 Å². The summed E-state index contributed by atoms with van der Waals surface area (Å²) in [5.41, 5.74) is 3.23. The predicted octanol–water partition coefficient (Wildman–Crippen LogP) is 5.33. The van der Waals surface area contributed by atoms with Crippen LogP contribution in [0.15, 0.2) is 41.0 Å². The summed E-state index contributed by atoms with van der Waals surface area (Å²) in [7, 11) is 0. The van der Waals surface area contributed by atoms with E-state index in [0.29, 0.717) is 11.4 Å². The molecule has 1 heterocycles. The number of hydrogen-bond donors (Lipinski definition) is 0. The van der Waals surface area contributed by atoms with Gasteiger partial charge in [0.05, 0.1) is 10.4 Å². The van der Waals surface area contributed by atoms with Crippen LogP contribution < -0.4 is 0 Å². The fraction of sp³-hybridized carbons (Fsp3) is 0.214. The van der Waals surface area contributed by atoms with E-state index in [1.165, 1.54) is 0 Å². The highest BCUT2D eigenvalue weighted by Crippen LogP contribution is 2.30. The first kappa shape index (κ1) is 13.9. The van der Waals surface area contributed by atoms with E-state index in [9.17, 15) is 0 Å². The minimum atomic E-state index is -0.104. The van der Waals surface area contributed by atoms with Crippen LogP contribution in [0.5, 0.6) is 0 Å². The quantitative estimate of drug-likeness (QED) is 0.686. The maximum Gasteiger partial charge on any atom is 0.0641 e. The lowest BCUT2D eigenvalue weighted by molar-refractivity contribution is 0.869. The number of pyridine rings is 1. The van der Waals surface area contributed by atoms with E-state index < -0.39 is 0 Å². The first-order chi connectivity index (χ1) is 8.58. The average molecular weight is 345 g/mol. The van der Waals surface area contributed by atoms with Crippen molar-refractivity contribution < 1.29 is 0 Å². The van der Waals surface area contributed by atoms with Crippen molar-refractivity contribution in [2.24, 2.45) is 0 Å². The molecular formula is C14H12BrCl2N. The molecule has 1 aromatic carbocycles. The van der Waals surface area contributed by atoms with Crippen molar-refractivity contribution in [2.45, 2.75) is 18.7 Å². The number of rotatable bonds is 3. The molecule has 2 rings (SSSR count). The second-order valence-electron chi connectivity index (χ2n) is 4.11. The largest absolute Gasteiger partial charge is 0.261 e. The van der Waals surface area contributed by atoms with Crippen molar-refractivity contribution in [3.05, 3.63) is 62.8 Å². The Kier molecular flexibility index (Phi) is 4.66. The van der Waals surface area contributed by atoms with Crippen molar-refractivity contribution in [2.75, 3.05) is 0 Å². The van der Waals surface area contributed by atoms with Crippen LogP contribution >= 0.6 is 39.1 Å². The zero-order chi connectivity index (χ0) is 13.1. The highest BCUT2D eigenvalue weighted by molar-refractivity contribution is 9.10. The average Bonchev–Trinajstić information content (AvgIpc) is 2.35. The lowest BCUT2D eigenvalue weighted by atomic mass is 10.0. The summed E-state index contributed by atoms with van der Waals surface area (Å²) in [5.74, 6) is 0. The van der Waals surface area contributed by atoms with Gasteiger partial charge in [-0.05, 0) is 52.2 Å². The van der Waals surface area contributed by atoms with E-state index in [2.05, 4.69) is 20.9 Å². The minimum Gasteiger partial charge on any atom is -0.261 e. The highest BCUT2D eigenvalue weighted by atomic mass is 79.9. The zero-order valence-electron chi connectivity index (χ0n) is 9.83. The van der Waals surface area contributed by atoms with Gasteiger partial charge in [0.25, 0.3) is 0 Å². The number of benzene rings is 1. The molecule has 1 aromatic heterocycles. The van der Waals surface area contributed by atoms with Crippen molar-refractivity contribution in [3.8, 4) is 0 Å². The molecule has 0 saturated carbocycles. The van der Waals surface area contributed by atoms with Crippen LogP contribution in [0.2, 0.25) is 5.02 Å². The summed E-state index contributed by atoms with van der Waals surface area (Å²) < 4.78 is 0.866. The first-order valence-corrected chi connectivity index (χ1v) is 7.18. The fourth-order valence-electron chi connectivity index (χ4n) is 1.73. The van der Waals surface area contributed by atoms with Gasteiger partial charge in [-0.1, -0.05) is 23.7 Å². The molecule has 4 heteroatoms. The maximum absolute atomic E-state index is 6.43. The Balaban J connectivity index is 2.19. The lowest BCUT2D eigenvalue weighted by Crippen LogP contribution is -2.00. The smallest absolute Gasteiger partial charge is 0.0641 e. The summed E-state index contributed by atoms with van der Waals surface area (Å²) in [6.45, 7) is 2.05. The molecule has 2 aromatic rings. The first-order valence-electron chi connectivity index (χ1n) is 5.57. The van der Waals surface area contributed by atoms with Crippen LogP contribution in [0, 0.1) is 6.92 Å². The summed E-state index contributed by atoms with van der Waals surface area (Å²) in [4.78, 5) is 4.36. The van der Waals surface area contributed by atoms with Gasteiger partial charge in [-0.15, -0.1) is 11.6 Å². The Bertz CT molecular complexity index is 557. The second-order valence-corrected chi connectivity index (χ2v) is 5.90. The Morgan fingerprint density at radius 1 is 1.33 bits per heavy atom. The molecule has 0 spiro atoms. The van der Waals surface area contributed by atoms with Crippen molar-refractivity contribution >= 4 is 39.1 Å². The van der Waals surface area contributed by atoms with Gasteiger partial charge in [0.2, 0.25) is 0 Å². The molecule has 1 atom stereocenters. The number of nitrogens with zero attached hydrogens (tertiary/aromatic N) is 1. The van der Waals surface area contributed by atoms with E-state index in [4.69, 9.17) is 23.2 Å². The molecule has 0 N–H and O–H groups in total. The predicted molar refractivity (Wildman–Crippen MR) is 80.4 cm³/mol. The molecule has 0 bridgehead atoms. The zero-order valence-corrected chi connectivity index (χ0v) is 12.9. The molecule has 0 aliphatic carbocycles. The van der Waals surface area contributed by atoms with Crippen LogP contribution in [0.25, 0.3) is 0 Å². The molecule has 0 saturated heterocycles. The molecule has 0 aliphatic heterocycles. The summed E-state index contributed by atoms with van der Waals surface area (Å²) in [5, 5.41) is 0.587. The Hall–Kier alpha value is -0.570. The third kappa shape index (κ3) is 3.25. The maximum atomic E-state index is 6.43. The molecule has 94 valence electrons. The summed E-state index contributed by atoms with van der Waals surface area (Å²) in [6.07, 6.45) is 2.51. The summed E-state index contributed by atoms with van der Waals surface area (Å²) in [6, 6.07) is 9.73. The number of aromatic nitrogens is 1. The molecule has 0 fully saturated rings. The van der Waals surface area contributed by atoms with Gasteiger partial charge in [0.1, 0.15) is 0 Å². The normalized spacial score (nSPS) is 12.4. The summed E-state index contributed by atoms with van der Waals surface area (Å²) >= 11 is 15.8. The van der Waals surface area contributed by atoms with Gasteiger partial charge >= 0.3 is 0 Å². The van der Waals surface area contributed by atoms with Crippen molar-refractivity contribution in [1.82, 2.24) is 4.98 Å². The Labute approximate surface area is 125 Å². The van der Waals surface area contributed by atoms with Gasteiger partial charge in [-0.25, -0.2) is 0 Å². The Morgan fingerprint density at radius 3 is 2.78 bits per heavy atom. The van der Waals surface area contributed by atoms with Gasteiger partial charge in [-0.3, -0.25) is 4.98 Å². The second kappa shape index (κ2) is 6.05. The monoisotopic (exact) mass is 343 g/mol. The highest BCUT2D eigenvalue weighted by Gasteiger charge is 2.12. The van der Waals surface area contributed by atoms with Crippen molar-refractivity contribution in [3.63, 3.8) is 0 Å². The van der Waals surface area contributed by atoms with E-state index in [1.807, 2.05) is 37.3 Å². The number of hydrogen-bond acceptors (Lipinski definition) is 1. The van der Waals surface area contributed by atoms with Crippen LogP contribution in [0.3, 0.4) is 0 Å². The number of aryl methyl sites for hydroxylation is 1. The number of alkyl halides is 1. The van der Waals surface area contributed by atoms with Crippen LogP contribution in [0.4, 0.5) is 0 Å².